The molecule has 0 aliphatic carbocycles. The molecule has 1 aromatic carbocycles. The molecule has 2 atom stereocenters. The molecule has 4 amide bonds. The zero-order valence-corrected chi connectivity index (χ0v) is 15.4. The van der Waals surface area contributed by atoms with Crippen LogP contribution in [0, 0.1) is 0 Å². The minimum atomic E-state index is -1.25. The molecule has 1 spiro atoms. The lowest BCUT2D eigenvalue weighted by Crippen LogP contribution is -2.48. The fraction of sp³-hybridized carbons (Fsp3) is 0.444. The van der Waals surface area contributed by atoms with E-state index in [1.807, 2.05) is 0 Å². The molecule has 1 aromatic rings. The first kappa shape index (κ1) is 18.7. The number of carbonyl (C=O) groups is 4. The Morgan fingerprint density at radius 2 is 2.04 bits per heavy atom. The Hall–Kier alpha value is -3.10. The van der Waals surface area contributed by atoms with Gasteiger partial charge in [-0.25, -0.2) is 4.79 Å². The molecule has 1 N–H and O–H groups in total. The molecule has 0 bridgehead atoms. The maximum absolute atomic E-state index is 13.0. The van der Waals surface area contributed by atoms with Crippen molar-refractivity contribution in [2.75, 3.05) is 27.2 Å². The number of imide groups is 1. The van der Waals surface area contributed by atoms with Gasteiger partial charge in [0.2, 0.25) is 0 Å². The first-order valence-corrected chi connectivity index (χ1v) is 8.53. The van der Waals surface area contributed by atoms with E-state index in [-0.39, 0.29) is 13.0 Å². The summed E-state index contributed by atoms with van der Waals surface area (Å²) in [7, 11) is 3.08. The Bertz CT molecular complexity index is 808. The van der Waals surface area contributed by atoms with Gasteiger partial charge >= 0.3 is 12.0 Å². The van der Waals surface area contributed by atoms with Crippen molar-refractivity contribution >= 4 is 23.8 Å². The van der Waals surface area contributed by atoms with E-state index >= 15 is 0 Å². The van der Waals surface area contributed by atoms with Crippen molar-refractivity contribution in [3.05, 3.63) is 29.8 Å². The van der Waals surface area contributed by atoms with Crippen LogP contribution in [0.15, 0.2) is 24.3 Å². The smallest absolute Gasteiger partial charge is 0.327 e. The third kappa shape index (κ3) is 3.20. The van der Waals surface area contributed by atoms with Crippen LogP contribution in [0.25, 0.3) is 0 Å². The zero-order chi connectivity index (χ0) is 19.8. The van der Waals surface area contributed by atoms with Gasteiger partial charge in [0.25, 0.3) is 11.8 Å². The van der Waals surface area contributed by atoms with Crippen LogP contribution in [-0.4, -0.2) is 67.0 Å². The molecule has 0 radical (unpaired) electrons. The van der Waals surface area contributed by atoms with Crippen molar-refractivity contribution in [3.63, 3.8) is 0 Å². The highest BCUT2D eigenvalue weighted by Crippen LogP contribution is 2.40. The van der Waals surface area contributed by atoms with Crippen molar-refractivity contribution in [1.82, 2.24) is 15.1 Å². The number of likely N-dealkylation sites (N-methyl/N-ethyl adjacent to an activating group) is 1. The van der Waals surface area contributed by atoms with Crippen LogP contribution >= 0.6 is 0 Å². The highest BCUT2D eigenvalue weighted by Gasteiger charge is 2.55. The van der Waals surface area contributed by atoms with Crippen molar-refractivity contribution in [1.29, 1.82) is 0 Å². The van der Waals surface area contributed by atoms with Gasteiger partial charge in [0.1, 0.15) is 12.3 Å². The molecular weight excluding hydrogens is 354 g/mol. The fourth-order valence-electron chi connectivity index (χ4n) is 3.29. The number of hydrogen-bond donors (Lipinski definition) is 1. The standard InChI is InChI=1S/C18H21N3O6/c1-11(15(23)20(2)3)27-14(22)10-21-16(24)18(19-17(21)25)8-9-26-13-7-5-4-6-12(13)18/h4-7,11H,8-10H2,1-3H3,(H,19,25)/t11-,18+/m0/s1. The van der Waals surface area contributed by atoms with E-state index in [0.717, 1.165) is 4.90 Å². The lowest BCUT2D eigenvalue weighted by Gasteiger charge is -2.33. The Labute approximate surface area is 156 Å². The number of carbonyl (C=O) groups excluding carboxylic acids is 4. The summed E-state index contributed by atoms with van der Waals surface area (Å²) in [6.45, 7) is 1.12. The molecule has 2 heterocycles. The number of nitrogens with one attached hydrogen (secondary N) is 1. The Morgan fingerprint density at radius 3 is 2.74 bits per heavy atom. The molecule has 9 heteroatoms. The van der Waals surface area contributed by atoms with Gasteiger partial charge in [-0.1, -0.05) is 18.2 Å². The molecule has 9 nitrogen and oxygen atoms in total. The molecule has 27 heavy (non-hydrogen) atoms. The number of nitrogens with zero attached hydrogens (tertiary/aromatic N) is 2. The van der Waals surface area contributed by atoms with Crippen molar-refractivity contribution in [2.45, 2.75) is 25.0 Å². The number of ether oxygens (including phenoxy) is 2. The number of benzene rings is 1. The molecular formula is C18H21N3O6. The molecule has 3 rings (SSSR count). The summed E-state index contributed by atoms with van der Waals surface area (Å²) in [5, 5.41) is 2.70. The SMILES string of the molecule is C[C@H](OC(=O)CN1C(=O)N[C@@]2(CCOc3ccccc32)C1=O)C(=O)N(C)C. The normalized spacial score (nSPS) is 22.0. The minimum Gasteiger partial charge on any atom is -0.493 e. The number of hydrogen-bond acceptors (Lipinski definition) is 6. The number of esters is 1. The van der Waals surface area contributed by atoms with Gasteiger partial charge < -0.3 is 19.7 Å². The molecule has 144 valence electrons. The Balaban J connectivity index is 1.76. The second-order valence-corrected chi connectivity index (χ2v) is 6.69. The summed E-state index contributed by atoms with van der Waals surface area (Å²) in [4.78, 5) is 51.5. The topological polar surface area (TPSA) is 105 Å². The molecule has 0 aromatic heterocycles. The molecule has 2 aliphatic heterocycles. The van der Waals surface area contributed by atoms with Crippen molar-refractivity contribution in [3.8, 4) is 5.75 Å². The Kier molecular flexibility index (Phi) is 4.77. The van der Waals surface area contributed by atoms with Crippen LogP contribution in [0.1, 0.15) is 18.9 Å². The highest BCUT2D eigenvalue weighted by molar-refractivity contribution is 6.09. The maximum Gasteiger partial charge on any atom is 0.327 e. The second kappa shape index (κ2) is 6.90. The molecule has 2 aliphatic rings. The number of urea groups is 1. The molecule has 1 saturated heterocycles. The van der Waals surface area contributed by atoms with E-state index in [4.69, 9.17) is 9.47 Å². The maximum atomic E-state index is 13.0. The second-order valence-electron chi connectivity index (χ2n) is 6.69. The summed E-state index contributed by atoms with van der Waals surface area (Å²) in [6.07, 6.45) is -0.749. The van der Waals surface area contributed by atoms with Crippen LogP contribution in [0.4, 0.5) is 4.79 Å². The van der Waals surface area contributed by atoms with Crippen LogP contribution < -0.4 is 10.1 Å². The lowest BCUT2D eigenvalue weighted by atomic mass is 9.84. The summed E-state index contributed by atoms with van der Waals surface area (Å²) in [5.74, 6) is -1.24. The Morgan fingerprint density at radius 1 is 1.33 bits per heavy atom. The molecule has 0 unspecified atom stereocenters. The van der Waals surface area contributed by atoms with Crippen molar-refractivity contribution in [2.24, 2.45) is 0 Å². The summed E-state index contributed by atoms with van der Waals surface area (Å²) < 4.78 is 10.6. The van der Waals surface area contributed by atoms with Crippen molar-refractivity contribution < 1.29 is 28.7 Å². The lowest BCUT2D eigenvalue weighted by molar-refractivity contribution is -0.159. The van der Waals surface area contributed by atoms with Gasteiger partial charge in [-0.2, -0.15) is 0 Å². The van der Waals surface area contributed by atoms with E-state index in [9.17, 15) is 19.2 Å². The minimum absolute atomic E-state index is 0.260. The largest absolute Gasteiger partial charge is 0.493 e. The third-order valence-corrected chi connectivity index (χ3v) is 4.64. The van der Waals surface area contributed by atoms with Gasteiger partial charge in [-0.3, -0.25) is 19.3 Å². The predicted octanol–water partition coefficient (Wildman–Crippen LogP) is 0.236. The average Bonchev–Trinajstić information content (AvgIpc) is 2.86. The number of rotatable bonds is 4. The average molecular weight is 375 g/mol. The van der Waals surface area contributed by atoms with Crippen LogP contribution in [0.5, 0.6) is 5.75 Å². The number of para-hydroxylation sites is 1. The van der Waals surface area contributed by atoms with Gasteiger partial charge in [0.05, 0.1) is 6.61 Å². The first-order chi connectivity index (χ1) is 12.8. The van der Waals surface area contributed by atoms with Gasteiger partial charge in [-0.05, 0) is 13.0 Å². The quantitative estimate of drug-likeness (QED) is 0.597. The van der Waals surface area contributed by atoms with E-state index in [0.29, 0.717) is 11.3 Å². The van der Waals surface area contributed by atoms with Gasteiger partial charge in [0, 0.05) is 26.1 Å². The van der Waals surface area contributed by atoms with Crippen LogP contribution in [-0.2, 0) is 24.7 Å². The van der Waals surface area contributed by atoms with Crippen LogP contribution in [0.2, 0.25) is 0 Å². The third-order valence-electron chi connectivity index (χ3n) is 4.64. The number of fused-ring (bicyclic) bond motifs is 2. The zero-order valence-electron chi connectivity index (χ0n) is 15.4. The summed E-state index contributed by atoms with van der Waals surface area (Å²) in [6, 6.07) is 6.28. The van der Waals surface area contributed by atoms with Crippen LogP contribution in [0.3, 0.4) is 0 Å². The monoisotopic (exact) mass is 375 g/mol. The highest BCUT2D eigenvalue weighted by atomic mass is 16.5. The van der Waals surface area contributed by atoms with Gasteiger partial charge in [0.15, 0.2) is 11.6 Å². The predicted molar refractivity (Wildman–Crippen MR) is 92.7 cm³/mol. The van der Waals surface area contributed by atoms with Gasteiger partial charge in [-0.15, -0.1) is 0 Å². The number of amides is 4. The summed E-state index contributed by atoms with van der Waals surface area (Å²) >= 11 is 0. The molecule has 0 saturated carbocycles. The fourth-order valence-corrected chi connectivity index (χ4v) is 3.29. The molecule has 1 fully saturated rings. The summed E-state index contributed by atoms with van der Waals surface area (Å²) in [5.41, 5.74) is -0.696. The van der Waals surface area contributed by atoms with E-state index in [1.165, 1.54) is 25.9 Å². The van der Waals surface area contributed by atoms with E-state index < -0.39 is 42.0 Å². The van der Waals surface area contributed by atoms with E-state index in [2.05, 4.69) is 5.32 Å². The van der Waals surface area contributed by atoms with E-state index in [1.54, 1.807) is 24.3 Å². The first-order valence-electron chi connectivity index (χ1n) is 8.53.